The molecule has 33 heavy (non-hydrogen) atoms. The first-order chi connectivity index (χ1) is 16.0. The normalized spacial score (nSPS) is 14.5. The summed E-state index contributed by atoms with van der Waals surface area (Å²) in [5.41, 5.74) is 6.97. The molecule has 8 nitrogen and oxygen atoms in total. The number of carbonyl (C=O) groups is 1. The molecular weight excluding hydrogens is 425 g/mol. The fraction of sp³-hybridized carbons (Fsp3) is 0.292. The van der Waals surface area contributed by atoms with Crippen LogP contribution in [0.15, 0.2) is 54.9 Å². The lowest BCUT2D eigenvalue weighted by Crippen LogP contribution is -2.41. The molecule has 0 saturated carbocycles. The summed E-state index contributed by atoms with van der Waals surface area (Å²) in [6, 6.07) is 14.9. The van der Waals surface area contributed by atoms with Crippen molar-refractivity contribution in [2.75, 3.05) is 29.9 Å². The summed E-state index contributed by atoms with van der Waals surface area (Å²) in [7, 11) is 0. The molecular formula is C24H26FN5O3. The smallest absolute Gasteiger partial charge is 0.221 e. The van der Waals surface area contributed by atoms with Crippen molar-refractivity contribution in [3.63, 3.8) is 0 Å². The van der Waals surface area contributed by atoms with Crippen molar-refractivity contribution in [2.24, 2.45) is 5.73 Å². The van der Waals surface area contributed by atoms with Gasteiger partial charge in [0, 0.05) is 13.1 Å². The summed E-state index contributed by atoms with van der Waals surface area (Å²) in [6.45, 7) is 3.62. The Kier molecular flexibility index (Phi) is 6.87. The Morgan fingerprint density at radius 1 is 1.15 bits per heavy atom. The molecule has 0 spiro atoms. The van der Waals surface area contributed by atoms with Crippen LogP contribution in [0.25, 0.3) is 0 Å². The zero-order valence-electron chi connectivity index (χ0n) is 18.3. The molecule has 1 aliphatic rings. The van der Waals surface area contributed by atoms with E-state index in [1.54, 1.807) is 0 Å². The van der Waals surface area contributed by atoms with Crippen LogP contribution in [0.1, 0.15) is 18.1 Å². The number of primary amides is 1. The fourth-order valence-electron chi connectivity index (χ4n) is 3.63. The highest BCUT2D eigenvalue weighted by molar-refractivity contribution is 5.76. The fourth-order valence-corrected chi connectivity index (χ4v) is 3.63. The summed E-state index contributed by atoms with van der Waals surface area (Å²) in [5, 5.41) is 3.03. The van der Waals surface area contributed by atoms with E-state index in [0.717, 1.165) is 11.1 Å². The van der Waals surface area contributed by atoms with Crippen LogP contribution >= 0.6 is 0 Å². The number of para-hydroxylation sites is 2. The molecule has 0 aliphatic carbocycles. The van der Waals surface area contributed by atoms with Crippen molar-refractivity contribution in [1.82, 2.24) is 9.97 Å². The number of nitrogens with zero attached hydrogens (tertiary/aromatic N) is 3. The number of nitrogens with one attached hydrogen (secondary N) is 1. The minimum atomic E-state index is -0.526. The van der Waals surface area contributed by atoms with Gasteiger partial charge in [-0.2, -0.15) is 4.39 Å². The van der Waals surface area contributed by atoms with Crippen LogP contribution < -0.4 is 25.4 Å². The molecule has 0 bridgehead atoms. The third-order valence-corrected chi connectivity index (χ3v) is 5.31. The van der Waals surface area contributed by atoms with Crippen LogP contribution in [0.3, 0.4) is 0 Å². The second kappa shape index (κ2) is 10.2. The quantitative estimate of drug-likeness (QED) is 0.516. The van der Waals surface area contributed by atoms with E-state index < -0.39 is 5.82 Å². The van der Waals surface area contributed by atoms with Gasteiger partial charge >= 0.3 is 0 Å². The van der Waals surface area contributed by atoms with Gasteiger partial charge in [0.15, 0.2) is 29.2 Å². The predicted molar refractivity (Wildman–Crippen MR) is 123 cm³/mol. The molecule has 1 aliphatic heterocycles. The highest BCUT2D eigenvalue weighted by Gasteiger charge is 2.25. The van der Waals surface area contributed by atoms with E-state index in [-0.39, 0.29) is 30.1 Å². The monoisotopic (exact) mass is 451 g/mol. The number of ether oxygens (including phenoxy) is 2. The van der Waals surface area contributed by atoms with Gasteiger partial charge < -0.3 is 25.4 Å². The van der Waals surface area contributed by atoms with Crippen LogP contribution in [-0.2, 0) is 17.8 Å². The number of amides is 1. The zero-order valence-corrected chi connectivity index (χ0v) is 18.3. The number of benzene rings is 2. The van der Waals surface area contributed by atoms with Crippen molar-refractivity contribution in [3.05, 3.63) is 71.8 Å². The molecule has 4 rings (SSSR count). The van der Waals surface area contributed by atoms with Crippen LogP contribution in [0.4, 0.5) is 16.0 Å². The molecule has 1 aromatic heterocycles. The minimum absolute atomic E-state index is 0.117. The third kappa shape index (κ3) is 5.49. The van der Waals surface area contributed by atoms with Gasteiger partial charge in [0.2, 0.25) is 11.7 Å². The molecule has 0 saturated heterocycles. The lowest BCUT2D eigenvalue weighted by Gasteiger charge is -2.31. The van der Waals surface area contributed by atoms with Crippen LogP contribution in [-0.4, -0.2) is 41.7 Å². The molecule has 9 heteroatoms. The Balaban J connectivity index is 1.41. The molecule has 1 amide bonds. The average molecular weight is 452 g/mol. The molecule has 0 fully saturated rings. The highest BCUT2D eigenvalue weighted by atomic mass is 19.1. The lowest BCUT2D eigenvalue weighted by molar-refractivity contribution is -0.117. The number of likely N-dealkylation sites (N-methyl/N-ethyl adjacent to an activating group) is 1. The van der Waals surface area contributed by atoms with E-state index in [1.807, 2.05) is 60.4 Å². The Morgan fingerprint density at radius 3 is 2.61 bits per heavy atom. The largest absolute Gasteiger partial charge is 0.486 e. The number of carbonyl (C=O) groups excluding carboxylic acids is 1. The maximum atomic E-state index is 15.3. The molecule has 172 valence electrons. The Labute approximate surface area is 191 Å². The van der Waals surface area contributed by atoms with E-state index >= 15 is 4.39 Å². The maximum Gasteiger partial charge on any atom is 0.221 e. The lowest BCUT2D eigenvalue weighted by atomic mass is 10.1. The van der Waals surface area contributed by atoms with Gasteiger partial charge in [-0.25, -0.2) is 9.97 Å². The summed E-state index contributed by atoms with van der Waals surface area (Å²) in [5.74, 6) is 0.796. The minimum Gasteiger partial charge on any atom is -0.486 e. The summed E-state index contributed by atoms with van der Waals surface area (Å²) in [4.78, 5) is 21.1. The molecule has 3 aromatic rings. The van der Waals surface area contributed by atoms with E-state index in [2.05, 4.69) is 15.3 Å². The van der Waals surface area contributed by atoms with E-state index in [1.165, 1.54) is 6.33 Å². The van der Waals surface area contributed by atoms with Crippen LogP contribution in [0, 0.1) is 5.82 Å². The number of fused-ring (bicyclic) bond motifs is 1. The zero-order chi connectivity index (χ0) is 23.2. The SMILES string of the molecule is CCN(CC1COc2ccccc2O1)c1ncnc(NCc2ccc(CC(N)=O)cc2)c1F. The number of hydrogen-bond donors (Lipinski definition) is 2. The van der Waals surface area contributed by atoms with Gasteiger partial charge in [-0.15, -0.1) is 0 Å². The second-order valence-corrected chi connectivity index (χ2v) is 7.71. The van der Waals surface area contributed by atoms with Crippen LogP contribution in [0.2, 0.25) is 0 Å². The first-order valence-corrected chi connectivity index (χ1v) is 10.8. The topological polar surface area (TPSA) is 103 Å². The Morgan fingerprint density at radius 2 is 1.88 bits per heavy atom. The summed E-state index contributed by atoms with van der Waals surface area (Å²) >= 11 is 0. The number of rotatable bonds is 9. The van der Waals surface area contributed by atoms with Gasteiger partial charge in [0.1, 0.15) is 12.9 Å². The number of nitrogens with two attached hydrogens (primary N) is 1. The van der Waals surface area contributed by atoms with Crippen molar-refractivity contribution in [3.8, 4) is 11.5 Å². The average Bonchev–Trinajstić information content (AvgIpc) is 2.82. The number of hydrogen-bond acceptors (Lipinski definition) is 7. The molecule has 1 unspecified atom stereocenters. The van der Waals surface area contributed by atoms with Crippen molar-refractivity contribution >= 4 is 17.5 Å². The van der Waals surface area contributed by atoms with E-state index in [0.29, 0.717) is 37.7 Å². The van der Waals surface area contributed by atoms with Crippen LogP contribution in [0.5, 0.6) is 11.5 Å². The van der Waals surface area contributed by atoms with Gasteiger partial charge in [-0.1, -0.05) is 36.4 Å². The molecule has 2 aromatic carbocycles. The molecule has 0 radical (unpaired) electrons. The molecule has 3 N–H and O–H groups in total. The first-order valence-electron chi connectivity index (χ1n) is 10.8. The summed E-state index contributed by atoms with van der Waals surface area (Å²) < 4.78 is 27.1. The van der Waals surface area contributed by atoms with Crippen molar-refractivity contribution < 1.29 is 18.7 Å². The standard InChI is InChI=1S/C24H26FN5O3/c1-2-30(13-18-14-32-19-5-3-4-6-20(19)33-18)24-22(25)23(28-15-29-24)27-12-17-9-7-16(8-10-17)11-21(26)31/h3-10,15,18H,2,11-14H2,1H3,(H2,26,31)(H,27,28,29). The van der Waals surface area contributed by atoms with E-state index in [4.69, 9.17) is 15.2 Å². The first kappa shape index (κ1) is 22.3. The molecule has 1 atom stereocenters. The van der Waals surface area contributed by atoms with Gasteiger partial charge in [-0.3, -0.25) is 4.79 Å². The maximum absolute atomic E-state index is 15.3. The Hall–Kier alpha value is -3.88. The third-order valence-electron chi connectivity index (χ3n) is 5.31. The second-order valence-electron chi connectivity index (χ2n) is 7.71. The summed E-state index contributed by atoms with van der Waals surface area (Å²) in [6.07, 6.45) is 1.27. The number of anilines is 2. The number of aromatic nitrogens is 2. The van der Waals surface area contributed by atoms with Crippen molar-refractivity contribution in [2.45, 2.75) is 26.0 Å². The van der Waals surface area contributed by atoms with Crippen molar-refractivity contribution in [1.29, 1.82) is 0 Å². The highest BCUT2D eigenvalue weighted by Crippen LogP contribution is 2.31. The predicted octanol–water partition coefficient (Wildman–Crippen LogP) is 2.92. The van der Waals surface area contributed by atoms with Gasteiger partial charge in [0.05, 0.1) is 13.0 Å². The number of halogens is 1. The molecule has 2 heterocycles. The van der Waals surface area contributed by atoms with Gasteiger partial charge in [0.25, 0.3) is 0 Å². The van der Waals surface area contributed by atoms with E-state index in [9.17, 15) is 4.79 Å². The van der Waals surface area contributed by atoms with Gasteiger partial charge in [-0.05, 0) is 30.2 Å². The Bertz CT molecular complexity index is 1110.